The highest BCUT2D eigenvalue weighted by molar-refractivity contribution is 5.82. The van der Waals surface area contributed by atoms with Crippen LogP contribution in [0.2, 0.25) is 0 Å². The first-order valence-corrected chi connectivity index (χ1v) is 5.87. The standard InChI is InChI=1S/C11H14F3NO3/c12-11(13,14)8(16)15-5-1-7(2-6-15)10(3-4-10)9(17)18/h7H,1-6H2,(H,17,18). The zero-order valence-corrected chi connectivity index (χ0v) is 9.66. The van der Waals surface area contributed by atoms with Crippen LogP contribution in [0.4, 0.5) is 13.2 Å². The molecule has 2 rings (SSSR count). The molecule has 18 heavy (non-hydrogen) atoms. The van der Waals surface area contributed by atoms with Crippen molar-refractivity contribution in [3.63, 3.8) is 0 Å². The van der Waals surface area contributed by atoms with E-state index in [9.17, 15) is 22.8 Å². The summed E-state index contributed by atoms with van der Waals surface area (Å²) in [6.07, 6.45) is -2.96. The number of carbonyl (C=O) groups is 2. The highest BCUT2D eigenvalue weighted by atomic mass is 19.4. The van der Waals surface area contributed by atoms with Gasteiger partial charge in [0.15, 0.2) is 0 Å². The average molecular weight is 265 g/mol. The maximum Gasteiger partial charge on any atom is 0.471 e. The van der Waals surface area contributed by atoms with Crippen LogP contribution in [0.3, 0.4) is 0 Å². The Kier molecular flexibility index (Phi) is 3.03. The number of aliphatic carboxylic acids is 1. The lowest BCUT2D eigenvalue weighted by molar-refractivity contribution is -0.187. The molecular formula is C11H14F3NO3. The van der Waals surface area contributed by atoms with Crippen molar-refractivity contribution in [2.75, 3.05) is 13.1 Å². The molecule has 0 bridgehead atoms. The second kappa shape index (κ2) is 4.13. The zero-order chi connectivity index (χ0) is 13.6. The summed E-state index contributed by atoms with van der Waals surface area (Å²) in [5.41, 5.74) is -0.729. The van der Waals surface area contributed by atoms with Crippen molar-refractivity contribution in [3.8, 4) is 0 Å². The predicted octanol–water partition coefficient (Wildman–Crippen LogP) is 1.65. The third-order valence-corrected chi connectivity index (χ3v) is 4.02. The molecule has 102 valence electrons. The van der Waals surface area contributed by atoms with Crippen LogP contribution in [0, 0.1) is 11.3 Å². The van der Waals surface area contributed by atoms with Crippen molar-refractivity contribution >= 4 is 11.9 Å². The quantitative estimate of drug-likeness (QED) is 0.826. The van der Waals surface area contributed by atoms with Gasteiger partial charge in [-0.25, -0.2) is 0 Å². The molecule has 1 saturated carbocycles. The van der Waals surface area contributed by atoms with Crippen LogP contribution in [0.15, 0.2) is 0 Å². The second-order valence-electron chi connectivity index (χ2n) is 5.03. The van der Waals surface area contributed by atoms with Gasteiger partial charge in [-0.05, 0) is 31.6 Å². The van der Waals surface area contributed by atoms with Crippen molar-refractivity contribution in [2.24, 2.45) is 11.3 Å². The number of piperidine rings is 1. The molecule has 0 atom stereocenters. The normalized spacial score (nSPS) is 23.8. The van der Waals surface area contributed by atoms with Crippen LogP contribution < -0.4 is 0 Å². The Morgan fingerprint density at radius 1 is 1.17 bits per heavy atom. The van der Waals surface area contributed by atoms with E-state index in [0.717, 1.165) is 4.90 Å². The first-order chi connectivity index (χ1) is 8.27. The number of nitrogens with zero attached hydrogens (tertiary/aromatic N) is 1. The molecular weight excluding hydrogens is 251 g/mol. The lowest BCUT2D eigenvalue weighted by atomic mass is 9.81. The summed E-state index contributed by atoms with van der Waals surface area (Å²) in [6.45, 7) is -0.00389. The van der Waals surface area contributed by atoms with E-state index in [1.54, 1.807) is 0 Å². The molecule has 7 heteroatoms. The van der Waals surface area contributed by atoms with E-state index in [0.29, 0.717) is 25.7 Å². The SMILES string of the molecule is O=C(N1CCC(C2(C(=O)O)CC2)CC1)C(F)(F)F. The van der Waals surface area contributed by atoms with Crippen molar-refractivity contribution in [2.45, 2.75) is 31.9 Å². The third-order valence-electron chi connectivity index (χ3n) is 4.02. The lowest BCUT2D eigenvalue weighted by Crippen LogP contribution is -2.47. The summed E-state index contributed by atoms with van der Waals surface area (Å²) in [5, 5.41) is 9.10. The van der Waals surface area contributed by atoms with Crippen molar-refractivity contribution in [3.05, 3.63) is 0 Å². The molecule has 1 amide bonds. The van der Waals surface area contributed by atoms with Gasteiger partial charge in [0.2, 0.25) is 0 Å². The molecule has 2 fully saturated rings. The van der Waals surface area contributed by atoms with E-state index in [1.807, 2.05) is 0 Å². The van der Waals surface area contributed by atoms with Crippen LogP contribution in [0.1, 0.15) is 25.7 Å². The van der Waals surface area contributed by atoms with Crippen LogP contribution in [-0.4, -0.2) is 41.1 Å². The minimum absolute atomic E-state index is 0.00194. The Hall–Kier alpha value is -1.27. The Bertz CT molecular complexity index is 368. The second-order valence-corrected chi connectivity index (χ2v) is 5.03. The average Bonchev–Trinajstić information content (AvgIpc) is 3.08. The van der Waals surface area contributed by atoms with Crippen molar-refractivity contribution < 1.29 is 27.9 Å². The van der Waals surface area contributed by atoms with Gasteiger partial charge in [-0.1, -0.05) is 0 Å². The topological polar surface area (TPSA) is 57.6 Å². The zero-order valence-electron chi connectivity index (χ0n) is 9.66. The van der Waals surface area contributed by atoms with Crippen molar-refractivity contribution in [1.82, 2.24) is 4.90 Å². The highest BCUT2D eigenvalue weighted by Gasteiger charge is 2.56. The fraction of sp³-hybridized carbons (Fsp3) is 0.818. The Labute approximate surface area is 102 Å². The Morgan fingerprint density at radius 3 is 2.00 bits per heavy atom. The van der Waals surface area contributed by atoms with E-state index in [2.05, 4.69) is 0 Å². The third kappa shape index (κ3) is 2.18. The fourth-order valence-corrected chi connectivity index (χ4v) is 2.75. The molecule has 1 heterocycles. The Morgan fingerprint density at radius 2 is 1.67 bits per heavy atom. The van der Waals surface area contributed by atoms with E-state index in [1.165, 1.54) is 0 Å². The molecule has 0 spiro atoms. The smallest absolute Gasteiger partial charge is 0.471 e. The van der Waals surface area contributed by atoms with E-state index in [4.69, 9.17) is 5.11 Å². The van der Waals surface area contributed by atoms with Crippen LogP contribution in [-0.2, 0) is 9.59 Å². The number of rotatable bonds is 2. The number of alkyl halides is 3. The summed E-state index contributed by atoms with van der Waals surface area (Å²) in [4.78, 5) is 22.9. The first kappa shape index (κ1) is 13.2. The summed E-state index contributed by atoms with van der Waals surface area (Å²) in [7, 11) is 0. The van der Waals surface area contributed by atoms with Gasteiger partial charge in [-0.2, -0.15) is 13.2 Å². The van der Waals surface area contributed by atoms with E-state index >= 15 is 0 Å². The number of hydrogen-bond acceptors (Lipinski definition) is 2. The summed E-state index contributed by atoms with van der Waals surface area (Å²) >= 11 is 0. The maximum atomic E-state index is 12.2. The molecule has 0 aromatic heterocycles. The molecule has 0 aromatic rings. The highest BCUT2D eigenvalue weighted by Crippen LogP contribution is 2.55. The number of amides is 1. The van der Waals surface area contributed by atoms with Gasteiger partial charge >= 0.3 is 18.1 Å². The largest absolute Gasteiger partial charge is 0.481 e. The molecule has 2 aliphatic rings. The molecule has 0 unspecified atom stereocenters. The van der Waals surface area contributed by atoms with E-state index in [-0.39, 0.29) is 19.0 Å². The van der Waals surface area contributed by atoms with E-state index < -0.39 is 23.5 Å². The molecule has 0 radical (unpaired) electrons. The predicted molar refractivity (Wildman–Crippen MR) is 54.7 cm³/mol. The molecule has 4 nitrogen and oxygen atoms in total. The fourth-order valence-electron chi connectivity index (χ4n) is 2.75. The van der Waals surface area contributed by atoms with Gasteiger partial charge in [-0.3, -0.25) is 9.59 Å². The minimum atomic E-state index is -4.84. The van der Waals surface area contributed by atoms with Crippen LogP contribution >= 0.6 is 0 Å². The first-order valence-electron chi connectivity index (χ1n) is 5.87. The number of halogens is 3. The van der Waals surface area contributed by atoms with Crippen LogP contribution in [0.25, 0.3) is 0 Å². The Balaban J connectivity index is 1.93. The number of likely N-dealkylation sites (tertiary alicyclic amines) is 1. The number of carbonyl (C=O) groups excluding carboxylic acids is 1. The number of carboxylic acid groups (broad SMARTS) is 1. The van der Waals surface area contributed by atoms with Gasteiger partial charge < -0.3 is 10.0 Å². The van der Waals surface area contributed by atoms with Gasteiger partial charge in [0.1, 0.15) is 0 Å². The molecule has 1 saturated heterocycles. The summed E-state index contributed by atoms with van der Waals surface area (Å²) in [5.74, 6) is -2.78. The lowest BCUT2D eigenvalue weighted by Gasteiger charge is -2.35. The summed E-state index contributed by atoms with van der Waals surface area (Å²) in [6, 6.07) is 0. The van der Waals surface area contributed by atoms with Crippen LogP contribution in [0.5, 0.6) is 0 Å². The summed E-state index contributed by atoms with van der Waals surface area (Å²) < 4.78 is 36.7. The van der Waals surface area contributed by atoms with Crippen molar-refractivity contribution in [1.29, 1.82) is 0 Å². The number of carboxylic acids is 1. The molecule has 1 N–H and O–H groups in total. The monoisotopic (exact) mass is 265 g/mol. The van der Waals surface area contributed by atoms with Gasteiger partial charge in [0.25, 0.3) is 0 Å². The maximum absolute atomic E-state index is 12.2. The van der Waals surface area contributed by atoms with Gasteiger partial charge in [0, 0.05) is 13.1 Å². The van der Waals surface area contributed by atoms with Gasteiger partial charge in [-0.15, -0.1) is 0 Å². The molecule has 0 aromatic carbocycles. The number of hydrogen-bond donors (Lipinski definition) is 1. The minimum Gasteiger partial charge on any atom is -0.481 e. The van der Waals surface area contributed by atoms with Gasteiger partial charge in [0.05, 0.1) is 5.41 Å². The molecule has 1 aliphatic heterocycles. The molecule has 1 aliphatic carbocycles.